The van der Waals surface area contributed by atoms with E-state index in [1.807, 2.05) is 12.1 Å². The third-order valence-corrected chi connectivity index (χ3v) is 3.71. The minimum Gasteiger partial charge on any atom is -0.508 e. The first-order chi connectivity index (χ1) is 12.1. The molecule has 0 fully saturated rings. The van der Waals surface area contributed by atoms with Gasteiger partial charge in [0.1, 0.15) is 5.75 Å². The topological polar surface area (TPSA) is 63.6 Å². The third kappa shape index (κ3) is 3.93. The monoisotopic (exact) mass is 332 g/mol. The molecule has 1 N–H and O–H groups in total. The molecular weight excluding hydrogens is 316 g/mol. The van der Waals surface area contributed by atoms with Gasteiger partial charge in [-0.05, 0) is 18.2 Å². The van der Waals surface area contributed by atoms with Crippen LogP contribution in [-0.2, 0) is 4.74 Å². The fraction of sp³-hybridized carbons (Fsp3) is 0.0476. The fourth-order valence-corrected chi connectivity index (χ4v) is 2.46. The minimum absolute atomic E-state index is 0.0416. The standard InChI is InChI=1S/C21H16O4/c22-18-13-7-12-17(14-18)21(24)25-20(16-10-5-2-6-11-16)19(23)15-8-3-1-4-9-15/h1-14,20,22H/t20-/m1/s1. The highest BCUT2D eigenvalue weighted by atomic mass is 16.5. The van der Waals surface area contributed by atoms with Gasteiger partial charge in [0, 0.05) is 11.1 Å². The zero-order valence-corrected chi connectivity index (χ0v) is 13.3. The van der Waals surface area contributed by atoms with Crippen molar-refractivity contribution in [2.24, 2.45) is 0 Å². The number of hydrogen-bond donors (Lipinski definition) is 1. The number of phenols is 1. The average Bonchev–Trinajstić information content (AvgIpc) is 2.67. The van der Waals surface area contributed by atoms with Gasteiger partial charge in [-0.3, -0.25) is 4.79 Å². The molecule has 0 saturated carbocycles. The van der Waals surface area contributed by atoms with Gasteiger partial charge in [0.15, 0.2) is 6.10 Å². The van der Waals surface area contributed by atoms with Crippen LogP contribution in [0.5, 0.6) is 5.75 Å². The van der Waals surface area contributed by atoms with Crippen LogP contribution in [0, 0.1) is 0 Å². The molecule has 0 aliphatic heterocycles. The Balaban J connectivity index is 1.92. The Hall–Kier alpha value is -3.40. The summed E-state index contributed by atoms with van der Waals surface area (Å²) in [5.41, 5.74) is 1.23. The molecule has 0 bridgehead atoms. The summed E-state index contributed by atoms with van der Waals surface area (Å²) in [7, 11) is 0. The van der Waals surface area contributed by atoms with Crippen LogP contribution in [0.4, 0.5) is 0 Å². The van der Waals surface area contributed by atoms with E-state index in [0.29, 0.717) is 11.1 Å². The van der Waals surface area contributed by atoms with Crippen LogP contribution >= 0.6 is 0 Å². The van der Waals surface area contributed by atoms with Crippen molar-refractivity contribution in [2.75, 3.05) is 0 Å². The Labute approximate surface area is 145 Å². The molecule has 3 aromatic rings. The Bertz CT molecular complexity index is 873. The highest BCUT2D eigenvalue weighted by Gasteiger charge is 2.26. The Kier molecular flexibility index (Phi) is 4.90. The van der Waals surface area contributed by atoms with Gasteiger partial charge in [0.05, 0.1) is 5.56 Å². The number of rotatable bonds is 5. The van der Waals surface area contributed by atoms with Crippen molar-refractivity contribution in [2.45, 2.75) is 6.10 Å². The molecule has 0 aliphatic rings. The van der Waals surface area contributed by atoms with Crippen molar-refractivity contribution in [1.29, 1.82) is 0 Å². The predicted octanol–water partition coefficient (Wildman–Crippen LogP) is 4.17. The lowest BCUT2D eigenvalue weighted by Crippen LogP contribution is -2.20. The molecule has 3 rings (SSSR count). The summed E-state index contributed by atoms with van der Waals surface area (Å²) in [5, 5.41) is 9.53. The average molecular weight is 332 g/mol. The molecule has 4 heteroatoms. The van der Waals surface area contributed by atoms with Crippen molar-refractivity contribution in [3.63, 3.8) is 0 Å². The van der Waals surface area contributed by atoms with Crippen LogP contribution < -0.4 is 0 Å². The van der Waals surface area contributed by atoms with E-state index in [2.05, 4.69) is 0 Å². The lowest BCUT2D eigenvalue weighted by atomic mass is 10.00. The molecule has 124 valence electrons. The van der Waals surface area contributed by atoms with E-state index in [1.165, 1.54) is 18.2 Å². The summed E-state index contributed by atoms with van der Waals surface area (Å²) < 4.78 is 5.49. The Morgan fingerprint density at radius 2 is 1.36 bits per heavy atom. The SMILES string of the molecule is O=C(O[C@@H](C(=O)c1ccccc1)c1ccccc1)c1cccc(O)c1. The fourth-order valence-electron chi connectivity index (χ4n) is 2.46. The molecule has 0 radical (unpaired) electrons. The smallest absolute Gasteiger partial charge is 0.339 e. The highest BCUT2D eigenvalue weighted by molar-refractivity contribution is 6.02. The number of ketones is 1. The first-order valence-corrected chi connectivity index (χ1v) is 7.79. The second kappa shape index (κ2) is 7.45. The summed E-state index contributed by atoms with van der Waals surface area (Å²) in [4.78, 5) is 25.3. The molecule has 0 unspecified atom stereocenters. The van der Waals surface area contributed by atoms with Crippen LogP contribution in [0.1, 0.15) is 32.4 Å². The van der Waals surface area contributed by atoms with Gasteiger partial charge >= 0.3 is 5.97 Å². The first-order valence-electron chi connectivity index (χ1n) is 7.79. The molecule has 0 spiro atoms. The Morgan fingerprint density at radius 3 is 2.00 bits per heavy atom. The largest absolute Gasteiger partial charge is 0.508 e. The number of carbonyl (C=O) groups excluding carboxylic acids is 2. The summed E-state index contributed by atoms with van der Waals surface area (Å²) >= 11 is 0. The predicted molar refractivity (Wildman–Crippen MR) is 93.5 cm³/mol. The molecule has 3 aromatic carbocycles. The Morgan fingerprint density at radius 1 is 0.760 bits per heavy atom. The lowest BCUT2D eigenvalue weighted by Gasteiger charge is -2.17. The molecule has 0 amide bonds. The summed E-state index contributed by atoms with van der Waals surface area (Å²) in [6.07, 6.45) is -1.06. The van der Waals surface area contributed by atoms with E-state index in [0.717, 1.165) is 0 Å². The maximum absolute atomic E-state index is 12.9. The van der Waals surface area contributed by atoms with E-state index in [1.54, 1.807) is 54.6 Å². The van der Waals surface area contributed by atoms with Gasteiger partial charge in [-0.25, -0.2) is 4.79 Å². The van der Waals surface area contributed by atoms with Crippen LogP contribution in [-0.4, -0.2) is 16.9 Å². The number of carbonyl (C=O) groups is 2. The minimum atomic E-state index is -1.06. The second-order valence-corrected chi connectivity index (χ2v) is 5.48. The molecule has 0 heterocycles. The molecule has 0 saturated heterocycles. The molecule has 4 nitrogen and oxygen atoms in total. The van der Waals surface area contributed by atoms with Gasteiger partial charge in [-0.1, -0.05) is 66.7 Å². The zero-order valence-electron chi connectivity index (χ0n) is 13.3. The maximum atomic E-state index is 12.9. The van der Waals surface area contributed by atoms with Crippen LogP contribution in [0.15, 0.2) is 84.9 Å². The molecule has 25 heavy (non-hydrogen) atoms. The van der Waals surface area contributed by atoms with Crippen molar-refractivity contribution < 1.29 is 19.4 Å². The molecule has 1 atom stereocenters. The molecule has 0 aliphatic carbocycles. The van der Waals surface area contributed by atoms with E-state index in [9.17, 15) is 14.7 Å². The van der Waals surface area contributed by atoms with Crippen LogP contribution in [0.25, 0.3) is 0 Å². The number of phenolic OH excluding ortho intramolecular Hbond substituents is 1. The van der Waals surface area contributed by atoms with Crippen molar-refractivity contribution in [3.05, 3.63) is 102 Å². The van der Waals surface area contributed by atoms with Crippen molar-refractivity contribution >= 4 is 11.8 Å². The third-order valence-electron chi connectivity index (χ3n) is 3.71. The normalized spacial score (nSPS) is 11.5. The van der Waals surface area contributed by atoms with Crippen molar-refractivity contribution in [3.8, 4) is 5.75 Å². The van der Waals surface area contributed by atoms with E-state index in [-0.39, 0.29) is 17.1 Å². The summed E-state index contributed by atoms with van der Waals surface area (Å²) in [5.74, 6) is -1.02. The summed E-state index contributed by atoms with van der Waals surface area (Å²) in [6.45, 7) is 0. The molecular formula is C21H16O4. The van der Waals surface area contributed by atoms with Crippen LogP contribution in [0.3, 0.4) is 0 Å². The van der Waals surface area contributed by atoms with E-state index >= 15 is 0 Å². The number of Topliss-reactive ketones (excluding diaryl/α,β-unsaturated/α-hetero) is 1. The van der Waals surface area contributed by atoms with Gasteiger partial charge in [0.2, 0.25) is 5.78 Å². The maximum Gasteiger partial charge on any atom is 0.339 e. The quantitative estimate of drug-likeness (QED) is 0.562. The number of ether oxygens (including phenoxy) is 1. The lowest BCUT2D eigenvalue weighted by molar-refractivity contribution is 0.0279. The second-order valence-electron chi connectivity index (χ2n) is 5.48. The number of esters is 1. The molecule has 0 aromatic heterocycles. The number of hydrogen-bond acceptors (Lipinski definition) is 4. The summed E-state index contributed by atoms with van der Waals surface area (Å²) in [6, 6.07) is 23.4. The van der Waals surface area contributed by atoms with Crippen molar-refractivity contribution in [1.82, 2.24) is 0 Å². The van der Waals surface area contributed by atoms with Crippen LogP contribution in [0.2, 0.25) is 0 Å². The van der Waals surface area contributed by atoms with Gasteiger partial charge in [-0.15, -0.1) is 0 Å². The van der Waals surface area contributed by atoms with Gasteiger partial charge in [0.25, 0.3) is 0 Å². The number of benzene rings is 3. The van der Waals surface area contributed by atoms with Gasteiger partial charge < -0.3 is 9.84 Å². The highest BCUT2D eigenvalue weighted by Crippen LogP contribution is 2.24. The first kappa shape index (κ1) is 16.5. The van der Waals surface area contributed by atoms with E-state index in [4.69, 9.17) is 4.74 Å². The van der Waals surface area contributed by atoms with E-state index < -0.39 is 12.1 Å². The number of aromatic hydroxyl groups is 1. The van der Waals surface area contributed by atoms with Gasteiger partial charge in [-0.2, -0.15) is 0 Å². The zero-order chi connectivity index (χ0) is 17.6.